The number of alkyl halides is 2. The number of aliphatic carboxylic acids is 1. The number of hydrogen-bond acceptors (Lipinski definition) is 2. The molecule has 1 atom stereocenters. The maximum Gasteiger partial charge on any atom is 0.325 e. The summed E-state index contributed by atoms with van der Waals surface area (Å²) in [7, 11) is 3.25. The standard InChI is InChI=1S/C11H13F2NO2/c1-14(2)9(11(15)16)7-3-5-8(6-4-7)10(12)13/h3-6,9-10H,1-2H3,(H,15,16). The summed E-state index contributed by atoms with van der Waals surface area (Å²) in [6.07, 6.45) is -2.53. The Morgan fingerprint density at radius 2 is 1.62 bits per heavy atom. The maximum absolute atomic E-state index is 12.3. The van der Waals surface area contributed by atoms with Gasteiger partial charge in [0.1, 0.15) is 6.04 Å². The molecule has 88 valence electrons. The molecule has 5 heteroatoms. The SMILES string of the molecule is CN(C)C(C(=O)O)c1ccc(C(F)F)cc1. The third-order valence-electron chi connectivity index (χ3n) is 2.25. The molecule has 0 aliphatic carbocycles. The number of likely N-dealkylation sites (N-methyl/N-ethyl adjacent to an activating group) is 1. The molecule has 0 fully saturated rings. The molecule has 0 radical (unpaired) electrons. The molecule has 0 bridgehead atoms. The van der Waals surface area contributed by atoms with Gasteiger partial charge in [0.2, 0.25) is 0 Å². The molecular formula is C11H13F2NO2. The van der Waals surface area contributed by atoms with E-state index < -0.39 is 18.4 Å². The van der Waals surface area contributed by atoms with Gasteiger partial charge in [0.15, 0.2) is 0 Å². The van der Waals surface area contributed by atoms with E-state index in [1.807, 2.05) is 0 Å². The van der Waals surface area contributed by atoms with E-state index in [0.29, 0.717) is 5.56 Å². The number of carboxylic acid groups (broad SMARTS) is 1. The molecule has 0 saturated heterocycles. The van der Waals surface area contributed by atoms with E-state index in [9.17, 15) is 13.6 Å². The van der Waals surface area contributed by atoms with Crippen molar-refractivity contribution in [1.29, 1.82) is 0 Å². The monoisotopic (exact) mass is 229 g/mol. The number of carboxylic acids is 1. The summed E-state index contributed by atoms with van der Waals surface area (Å²) >= 11 is 0. The topological polar surface area (TPSA) is 40.5 Å². The van der Waals surface area contributed by atoms with Crippen LogP contribution in [0.5, 0.6) is 0 Å². The van der Waals surface area contributed by atoms with Crippen molar-refractivity contribution in [2.45, 2.75) is 12.5 Å². The fourth-order valence-electron chi connectivity index (χ4n) is 1.49. The van der Waals surface area contributed by atoms with Gasteiger partial charge in [0, 0.05) is 5.56 Å². The van der Waals surface area contributed by atoms with E-state index in [2.05, 4.69) is 0 Å². The van der Waals surface area contributed by atoms with Crippen LogP contribution >= 0.6 is 0 Å². The highest BCUT2D eigenvalue weighted by atomic mass is 19.3. The number of hydrogen-bond donors (Lipinski definition) is 1. The summed E-state index contributed by atoms with van der Waals surface area (Å²) in [5.74, 6) is -1.00. The molecule has 1 unspecified atom stereocenters. The Labute approximate surface area is 92.3 Å². The molecule has 0 saturated carbocycles. The summed E-state index contributed by atoms with van der Waals surface area (Å²) in [5, 5.41) is 8.99. The Balaban J connectivity index is 2.99. The number of nitrogens with zero attached hydrogens (tertiary/aromatic N) is 1. The van der Waals surface area contributed by atoms with Gasteiger partial charge < -0.3 is 5.11 Å². The molecule has 1 aromatic rings. The van der Waals surface area contributed by atoms with E-state index in [4.69, 9.17) is 5.11 Å². The minimum atomic E-state index is -2.53. The molecule has 0 aliphatic heterocycles. The lowest BCUT2D eigenvalue weighted by atomic mass is 10.0. The molecule has 0 aliphatic rings. The highest BCUT2D eigenvalue weighted by Gasteiger charge is 2.22. The summed E-state index contributed by atoms with van der Waals surface area (Å²) in [6, 6.07) is 4.52. The van der Waals surface area contributed by atoms with Gasteiger partial charge in [-0.25, -0.2) is 8.78 Å². The van der Waals surface area contributed by atoms with Gasteiger partial charge in [0.25, 0.3) is 6.43 Å². The smallest absolute Gasteiger partial charge is 0.325 e. The summed E-state index contributed by atoms with van der Waals surface area (Å²) in [6.45, 7) is 0. The van der Waals surface area contributed by atoms with Crippen LogP contribution in [0.2, 0.25) is 0 Å². The van der Waals surface area contributed by atoms with E-state index in [0.717, 1.165) is 0 Å². The molecule has 0 aromatic heterocycles. The second-order valence-corrected chi connectivity index (χ2v) is 3.67. The van der Waals surface area contributed by atoms with Gasteiger partial charge in [-0.15, -0.1) is 0 Å². The Bertz CT molecular complexity index is 363. The Hall–Kier alpha value is -1.49. The van der Waals surface area contributed by atoms with Crippen molar-refractivity contribution in [2.75, 3.05) is 14.1 Å². The fraction of sp³-hybridized carbons (Fsp3) is 0.364. The number of rotatable bonds is 4. The van der Waals surface area contributed by atoms with Crippen molar-refractivity contribution in [2.24, 2.45) is 0 Å². The van der Waals surface area contributed by atoms with Crippen LogP contribution in [0, 0.1) is 0 Å². The molecule has 1 rings (SSSR count). The van der Waals surface area contributed by atoms with Gasteiger partial charge in [-0.2, -0.15) is 0 Å². The van der Waals surface area contributed by atoms with Crippen molar-refractivity contribution in [1.82, 2.24) is 4.90 Å². The molecule has 0 heterocycles. The average molecular weight is 229 g/mol. The van der Waals surface area contributed by atoms with Crippen LogP contribution in [0.15, 0.2) is 24.3 Å². The van der Waals surface area contributed by atoms with E-state index in [-0.39, 0.29) is 5.56 Å². The number of carbonyl (C=O) groups is 1. The van der Waals surface area contributed by atoms with Crippen molar-refractivity contribution < 1.29 is 18.7 Å². The zero-order valence-electron chi connectivity index (χ0n) is 9.02. The second kappa shape index (κ2) is 5.03. The van der Waals surface area contributed by atoms with E-state index >= 15 is 0 Å². The lowest BCUT2D eigenvalue weighted by Crippen LogP contribution is -2.27. The Kier molecular flexibility index (Phi) is 3.95. The molecule has 1 N–H and O–H groups in total. The molecule has 0 amide bonds. The van der Waals surface area contributed by atoms with Crippen LogP contribution in [0.25, 0.3) is 0 Å². The molecule has 3 nitrogen and oxygen atoms in total. The first kappa shape index (κ1) is 12.6. The zero-order valence-corrected chi connectivity index (χ0v) is 9.02. The average Bonchev–Trinajstić information content (AvgIpc) is 2.17. The van der Waals surface area contributed by atoms with Crippen molar-refractivity contribution in [3.63, 3.8) is 0 Å². The zero-order chi connectivity index (χ0) is 12.3. The fourth-order valence-corrected chi connectivity index (χ4v) is 1.49. The third-order valence-corrected chi connectivity index (χ3v) is 2.25. The minimum absolute atomic E-state index is 0.105. The van der Waals surface area contributed by atoms with Crippen molar-refractivity contribution >= 4 is 5.97 Å². The summed E-state index contributed by atoms with van der Waals surface area (Å²) in [5.41, 5.74) is 0.383. The second-order valence-electron chi connectivity index (χ2n) is 3.67. The van der Waals surface area contributed by atoms with Gasteiger partial charge in [-0.3, -0.25) is 9.69 Å². The summed E-state index contributed by atoms with van der Waals surface area (Å²) in [4.78, 5) is 12.5. The van der Waals surface area contributed by atoms with Gasteiger partial charge in [0.05, 0.1) is 0 Å². The van der Waals surface area contributed by atoms with Crippen LogP contribution in [0.3, 0.4) is 0 Å². The normalized spacial score (nSPS) is 13.1. The van der Waals surface area contributed by atoms with Crippen LogP contribution < -0.4 is 0 Å². The Morgan fingerprint density at radius 1 is 1.19 bits per heavy atom. The first-order valence-corrected chi connectivity index (χ1v) is 4.70. The molecule has 16 heavy (non-hydrogen) atoms. The van der Waals surface area contributed by atoms with Gasteiger partial charge in [-0.05, 0) is 19.7 Å². The first-order chi connectivity index (χ1) is 7.43. The highest BCUT2D eigenvalue weighted by Crippen LogP contribution is 2.23. The maximum atomic E-state index is 12.3. The molecule has 1 aromatic carbocycles. The van der Waals surface area contributed by atoms with Crippen LogP contribution in [-0.2, 0) is 4.79 Å². The highest BCUT2D eigenvalue weighted by molar-refractivity contribution is 5.75. The van der Waals surface area contributed by atoms with Crippen molar-refractivity contribution in [3.8, 4) is 0 Å². The van der Waals surface area contributed by atoms with Crippen molar-refractivity contribution in [3.05, 3.63) is 35.4 Å². The lowest BCUT2D eigenvalue weighted by molar-refractivity contribution is -0.142. The Morgan fingerprint density at radius 3 is 1.94 bits per heavy atom. The molecule has 0 spiro atoms. The molecular weight excluding hydrogens is 216 g/mol. The number of benzene rings is 1. The predicted octanol–water partition coefficient (Wildman–Crippen LogP) is 2.31. The third kappa shape index (κ3) is 2.76. The van der Waals surface area contributed by atoms with E-state index in [1.165, 1.54) is 29.2 Å². The largest absolute Gasteiger partial charge is 0.480 e. The van der Waals surface area contributed by atoms with Gasteiger partial charge in [-0.1, -0.05) is 24.3 Å². The summed E-state index contributed by atoms with van der Waals surface area (Å²) < 4.78 is 24.6. The van der Waals surface area contributed by atoms with Crippen LogP contribution in [0.1, 0.15) is 23.6 Å². The predicted molar refractivity (Wildman–Crippen MR) is 55.5 cm³/mol. The van der Waals surface area contributed by atoms with Crippen LogP contribution in [-0.4, -0.2) is 30.1 Å². The number of halogens is 2. The minimum Gasteiger partial charge on any atom is -0.480 e. The first-order valence-electron chi connectivity index (χ1n) is 4.70. The van der Waals surface area contributed by atoms with Crippen LogP contribution in [0.4, 0.5) is 8.78 Å². The van der Waals surface area contributed by atoms with E-state index in [1.54, 1.807) is 14.1 Å². The van der Waals surface area contributed by atoms with Gasteiger partial charge >= 0.3 is 5.97 Å². The quantitative estimate of drug-likeness (QED) is 0.861. The lowest BCUT2D eigenvalue weighted by Gasteiger charge is -2.20.